The minimum Gasteiger partial charge on any atom is -0.352 e. The fourth-order valence-electron chi connectivity index (χ4n) is 4.03. The van der Waals surface area contributed by atoms with Crippen LogP contribution < -0.4 is 5.32 Å². The summed E-state index contributed by atoms with van der Waals surface area (Å²) in [6.07, 6.45) is 2.71. The molecule has 1 fully saturated rings. The van der Waals surface area contributed by atoms with Gasteiger partial charge in [-0.1, -0.05) is 12.1 Å². The molecule has 0 atom stereocenters. The number of anilines is 2. The van der Waals surface area contributed by atoms with Gasteiger partial charge in [0.15, 0.2) is 11.6 Å². The molecule has 9 heteroatoms. The topological polar surface area (TPSA) is 45.2 Å². The quantitative estimate of drug-likeness (QED) is 0.276. The molecule has 1 aromatic heterocycles. The second-order valence-corrected chi connectivity index (χ2v) is 8.41. The lowest BCUT2D eigenvalue weighted by Gasteiger charge is -2.33. The van der Waals surface area contributed by atoms with Crippen molar-refractivity contribution in [2.75, 3.05) is 18.4 Å². The second kappa shape index (κ2) is 9.43. The highest BCUT2D eigenvalue weighted by Crippen LogP contribution is 2.33. The maximum atomic E-state index is 14.3. The lowest BCUT2D eigenvalue weighted by Crippen LogP contribution is -2.38. The van der Waals surface area contributed by atoms with Gasteiger partial charge in [0.25, 0.3) is 5.91 Å². The van der Waals surface area contributed by atoms with Crippen molar-refractivity contribution in [3.8, 4) is 0 Å². The third kappa shape index (κ3) is 4.83. The lowest BCUT2D eigenvalue weighted by atomic mass is 9.89. The van der Waals surface area contributed by atoms with E-state index in [4.69, 9.17) is 0 Å². The normalized spacial score (nSPS) is 14.4. The summed E-state index contributed by atoms with van der Waals surface area (Å²) in [4.78, 5) is 19.1. The fraction of sp³-hybridized carbons (Fsp3) is 0.250. The van der Waals surface area contributed by atoms with Crippen molar-refractivity contribution in [3.05, 3.63) is 82.6 Å². The molecule has 1 amide bonds. The molecule has 2 aromatic carbocycles. The zero-order valence-electron chi connectivity index (χ0n) is 17.7. The first-order chi connectivity index (χ1) is 15.7. The predicted octanol–water partition coefficient (Wildman–Crippen LogP) is 6.00. The van der Waals surface area contributed by atoms with Crippen molar-refractivity contribution in [1.29, 1.82) is 0 Å². The third-order valence-electron chi connectivity index (χ3n) is 5.90. The molecule has 0 bridgehead atoms. The number of hydrogen-bond donors (Lipinski definition) is 2. The first-order valence-corrected chi connectivity index (χ1v) is 10.8. The van der Waals surface area contributed by atoms with E-state index < -0.39 is 23.1 Å². The molecule has 0 radical (unpaired) electrons. The summed E-state index contributed by atoms with van der Waals surface area (Å²) in [5, 5.41) is 2.96. The molecule has 172 valence electrons. The monoisotopic (exact) mass is 475 g/mol. The van der Waals surface area contributed by atoms with Gasteiger partial charge >= 0.3 is 0 Å². The van der Waals surface area contributed by atoms with E-state index in [1.165, 1.54) is 18.3 Å². The zero-order valence-corrected chi connectivity index (χ0v) is 18.6. The molecular formula is C24H21F4N3OS. The Kier molecular flexibility index (Phi) is 6.60. The Balaban J connectivity index is 1.57. The minimum atomic E-state index is -1.34. The number of piperidine rings is 1. The van der Waals surface area contributed by atoms with Gasteiger partial charge in [0.1, 0.15) is 11.6 Å². The smallest absolute Gasteiger partial charge is 0.257 e. The molecule has 1 aliphatic heterocycles. The molecule has 0 saturated carbocycles. The highest BCUT2D eigenvalue weighted by atomic mass is 32.1. The molecular weight excluding hydrogens is 454 g/mol. The van der Waals surface area contributed by atoms with Crippen LogP contribution in [0.1, 0.15) is 40.2 Å². The molecule has 4 rings (SSSR count). The van der Waals surface area contributed by atoms with Gasteiger partial charge in [0.05, 0.1) is 22.0 Å². The van der Waals surface area contributed by atoms with Crippen LogP contribution in [0.4, 0.5) is 28.9 Å². The van der Waals surface area contributed by atoms with Crippen LogP contribution in [-0.4, -0.2) is 28.9 Å². The Hall–Kier alpha value is -3.07. The molecule has 1 N–H and O–H groups in total. The van der Waals surface area contributed by atoms with Crippen molar-refractivity contribution in [2.24, 2.45) is 0 Å². The van der Waals surface area contributed by atoms with Crippen molar-refractivity contribution < 1.29 is 22.4 Å². The van der Waals surface area contributed by atoms with Gasteiger partial charge in [0.2, 0.25) is 0 Å². The summed E-state index contributed by atoms with van der Waals surface area (Å²) in [5.74, 6) is -3.98. The number of rotatable bonds is 4. The highest BCUT2D eigenvalue weighted by Gasteiger charge is 2.27. The van der Waals surface area contributed by atoms with Gasteiger partial charge in [-0.25, -0.2) is 22.5 Å². The van der Waals surface area contributed by atoms with E-state index in [2.05, 4.69) is 22.9 Å². The number of hydrogen-bond acceptors (Lipinski definition) is 4. The predicted molar refractivity (Wildman–Crippen MR) is 120 cm³/mol. The maximum Gasteiger partial charge on any atom is 0.257 e. The number of carbonyl (C=O) groups is 1. The Labute approximate surface area is 194 Å². The van der Waals surface area contributed by atoms with Gasteiger partial charge in [-0.2, -0.15) is 0 Å². The van der Waals surface area contributed by atoms with Gasteiger partial charge in [-0.3, -0.25) is 4.79 Å². The Morgan fingerprint density at radius 3 is 2.39 bits per heavy atom. The number of carbonyl (C=O) groups excluding carboxylic acids is 1. The van der Waals surface area contributed by atoms with E-state index in [1.807, 2.05) is 0 Å². The van der Waals surface area contributed by atoms with Gasteiger partial charge < -0.3 is 10.2 Å². The number of aromatic nitrogens is 1. The molecule has 2 heterocycles. The highest BCUT2D eigenvalue weighted by molar-refractivity contribution is 7.80. The van der Waals surface area contributed by atoms with Gasteiger partial charge in [-0.05, 0) is 43.4 Å². The van der Waals surface area contributed by atoms with Crippen molar-refractivity contribution in [3.63, 3.8) is 0 Å². The summed E-state index contributed by atoms with van der Waals surface area (Å²) in [6, 6.07) is 7.62. The number of nitrogens with zero attached hydrogens (tertiary/aromatic N) is 2. The molecule has 33 heavy (non-hydrogen) atoms. The van der Waals surface area contributed by atoms with Crippen molar-refractivity contribution >= 4 is 29.9 Å². The van der Waals surface area contributed by atoms with Crippen LogP contribution >= 0.6 is 12.6 Å². The molecule has 3 aromatic rings. The van der Waals surface area contributed by atoms with Crippen LogP contribution in [0.3, 0.4) is 0 Å². The molecule has 1 aliphatic rings. The van der Waals surface area contributed by atoms with Crippen molar-refractivity contribution in [1.82, 2.24) is 9.88 Å². The Morgan fingerprint density at radius 2 is 1.73 bits per heavy atom. The lowest BCUT2D eigenvalue weighted by molar-refractivity contribution is 0.0713. The number of amides is 1. The van der Waals surface area contributed by atoms with E-state index in [1.54, 1.807) is 24.0 Å². The van der Waals surface area contributed by atoms with Crippen LogP contribution in [0, 0.1) is 30.2 Å². The SMILES string of the molecule is Cc1c(S)ncc(C(=O)N2CCC(c3ccc(F)cc3)CC2)c1Nc1cc(F)cc(F)c1F. The molecule has 0 unspecified atom stereocenters. The third-order valence-corrected chi connectivity index (χ3v) is 6.35. The molecule has 4 nitrogen and oxygen atoms in total. The van der Waals surface area contributed by atoms with E-state index in [0.717, 1.165) is 11.6 Å². The maximum absolute atomic E-state index is 14.3. The van der Waals surface area contributed by atoms with E-state index >= 15 is 0 Å². The number of benzene rings is 2. The molecule has 0 aliphatic carbocycles. The van der Waals surface area contributed by atoms with E-state index in [-0.39, 0.29) is 28.9 Å². The largest absolute Gasteiger partial charge is 0.352 e. The summed E-state index contributed by atoms with van der Waals surface area (Å²) in [7, 11) is 0. The standard InChI is InChI=1S/C24H21F4N3OS/c1-13-22(30-20-11-17(26)10-19(27)21(20)28)18(12-29-23(13)33)24(32)31-8-6-15(7-9-31)14-2-4-16(25)5-3-14/h2-5,10-12,15H,6-9H2,1H3,(H2,29,30,33). The summed E-state index contributed by atoms with van der Waals surface area (Å²) in [6.45, 7) is 2.55. The van der Waals surface area contributed by atoms with Gasteiger partial charge in [-0.15, -0.1) is 12.6 Å². The number of thiol groups is 1. The average molecular weight is 476 g/mol. The second-order valence-electron chi connectivity index (χ2n) is 7.99. The van der Waals surface area contributed by atoms with Crippen LogP contribution in [0.15, 0.2) is 47.6 Å². The molecule has 0 spiro atoms. The Bertz CT molecular complexity index is 1200. The average Bonchev–Trinajstić information content (AvgIpc) is 2.80. The first kappa shape index (κ1) is 23.1. The summed E-state index contributed by atoms with van der Waals surface area (Å²) >= 11 is 4.26. The Morgan fingerprint density at radius 1 is 1.06 bits per heavy atom. The van der Waals surface area contributed by atoms with E-state index in [9.17, 15) is 22.4 Å². The van der Waals surface area contributed by atoms with E-state index in [0.29, 0.717) is 42.6 Å². The number of pyridine rings is 1. The van der Waals surface area contributed by atoms with Crippen LogP contribution in [0.2, 0.25) is 0 Å². The number of nitrogens with one attached hydrogen (secondary N) is 1. The first-order valence-electron chi connectivity index (χ1n) is 10.4. The van der Waals surface area contributed by atoms with Gasteiger partial charge in [0, 0.05) is 37.0 Å². The van der Waals surface area contributed by atoms with Crippen LogP contribution in [0.25, 0.3) is 0 Å². The zero-order chi connectivity index (χ0) is 23.7. The summed E-state index contributed by atoms with van der Waals surface area (Å²) < 4.78 is 54.8. The fourth-order valence-corrected chi connectivity index (χ4v) is 4.20. The van der Waals surface area contributed by atoms with Crippen LogP contribution in [-0.2, 0) is 0 Å². The van der Waals surface area contributed by atoms with Crippen LogP contribution in [0.5, 0.6) is 0 Å². The summed E-state index contributed by atoms with van der Waals surface area (Å²) in [5.41, 5.74) is 1.36. The number of likely N-dealkylation sites (tertiary alicyclic amines) is 1. The minimum absolute atomic E-state index is 0.148. The van der Waals surface area contributed by atoms with Crippen molar-refractivity contribution in [2.45, 2.75) is 30.7 Å². The number of halogens is 4. The molecule has 1 saturated heterocycles.